The van der Waals surface area contributed by atoms with Crippen LogP contribution in [0.3, 0.4) is 0 Å². The molecule has 0 bridgehead atoms. The lowest BCUT2D eigenvalue weighted by Gasteiger charge is -2.11. The van der Waals surface area contributed by atoms with Gasteiger partial charge in [0.15, 0.2) is 0 Å². The lowest BCUT2D eigenvalue weighted by atomic mass is 9.93. The lowest BCUT2D eigenvalue weighted by Crippen LogP contribution is -1.91. The molecule has 0 saturated heterocycles. The summed E-state index contributed by atoms with van der Waals surface area (Å²) < 4.78 is 20.6. The Morgan fingerprint density at radius 2 is 1.88 bits per heavy atom. The second kappa shape index (κ2) is 6.93. The smallest absolute Gasteiger partial charge is 0.205 e. The molecule has 0 saturated carbocycles. The highest BCUT2D eigenvalue weighted by Crippen LogP contribution is 2.40. The van der Waals surface area contributed by atoms with Gasteiger partial charge >= 0.3 is 0 Å². The van der Waals surface area contributed by atoms with E-state index in [-0.39, 0.29) is 11.5 Å². The van der Waals surface area contributed by atoms with Crippen LogP contribution in [0.2, 0.25) is 0 Å². The molecule has 0 N–H and O–H groups in total. The third-order valence-corrected chi connectivity index (χ3v) is 4.42. The van der Waals surface area contributed by atoms with E-state index in [1.807, 2.05) is 57.2 Å². The van der Waals surface area contributed by atoms with Crippen LogP contribution in [0, 0.1) is 13.8 Å². The molecule has 4 nitrogen and oxygen atoms in total. The molecule has 3 aromatic rings. The van der Waals surface area contributed by atoms with Gasteiger partial charge in [-0.1, -0.05) is 54.5 Å². The van der Waals surface area contributed by atoms with E-state index in [9.17, 15) is 4.21 Å². The Hall–Kier alpha value is -2.53. The number of hydrogen-bond donors (Lipinski definition) is 0. The van der Waals surface area contributed by atoms with Crippen LogP contribution in [-0.2, 0) is 17.9 Å². The molecule has 2 aromatic carbocycles. The molecule has 0 aliphatic heterocycles. The van der Waals surface area contributed by atoms with Gasteiger partial charge in [0.25, 0.3) is 0 Å². The molecule has 0 aliphatic rings. The highest BCUT2D eigenvalue weighted by Gasteiger charge is 2.21. The largest absolute Gasteiger partial charge is 0.360 e. The van der Waals surface area contributed by atoms with E-state index < -0.39 is 0 Å². The van der Waals surface area contributed by atoms with Gasteiger partial charge in [0, 0.05) is 12.0 Å². The zero-order valence-electron chi connectivity index (χ0n) is 13.9. The molecule has 1 aromatic heterocycles. The van der Waals surface area contributed by atoms with Gasteiger partial charge in [-0.15, -0.1) is 0 Å². The number of nitrogens with zero attached hydrogens (tertiary/aromatic N) is 2. The summed E-state index contributed by atoms with van der Waals surface area (Å²) in [4.78, 5) is 0. The Balaban J connectivity index is 2.29. The van der Waals surface area contributed by atoms with Crippen LogP contribution in [-0.4, -0.2) is 9.37 Å². The van der Waals surface area contributed by atoms with Gasteiger partial charge in [-0.2, -0.15) is 8.57 Å². The SMILES string of the molecule is CCc1onc(-c2ccccc2)c1-c1ccc(C)c(N=S=O)c1C. The molecule has 0 radical (unpaired) electrons. The predicted molar refractivity (Wildman–Crippen MR) is 96.5 cm³/mol. The van der Waals surface area contributed by atoms with E-state index in [0.717, 1.165) is 51.4 Å². The van der Waals surface area contributed by atoms with Crippen molar-refractivity contribution in [3.63, 3.8) is 0 Å². The summed E-state index contributed by atoms with van der Waals surface area (Å²) in [5.74, 6) is 0.835. The van der Waals surface area contributed by atoms with Crippen molar-refractivity contribution in [1.29, 1.82) is 0 Å². The predicted octanol–water partition coefficient (Wildman–Crippen LogP) is 5.22. The molecule has 5 heteroatoms. The average Bonchev–Trinajstić information content (AvgIpc) is 3.03. The van der Waals surface area contributed by atoms with Crippen molar-refractivity contribution in [3.8, 4) is 22.4 Å². The first kappa shape index (κ1) is 16.3. The second-order valence-corrected chi connectivity index (χ2v) is 5.95. The number of rotatable bonds is 4. The summed E-state index contributed by atoms with van der Waals surface area (Å²) in [6, 6.07) is 14.0. The van der Waals surface area contributed by atoms with E-state index in [0.29, 0.717) is 0 Å². The number of aryl methyl sites for hydroxylation is 2. The summed E-state index contributed by atoms with van der Waals surface area (Å²) in [5, 5.41) is 4.30. The quantitative estimate of drug-likeness (QED) is 0.655. The van der Waals surface area contributed by atoms with Crippen LogP contribution >= 0.6 is 0 Å². The van der Waals surface area contributed by atoms with Crippen molar-refractivity contribution < 1.29 is 8.73 Å². The first-order valence-corrected chi connectivity index (χ1v) is 8.51. The van der Waals surface area contributed by atoms with Crippen LogP contribution in [0.15, 0.2) is 51.4 Å². The van der Waals surface area contributed by atoms with Gasteiger partial charge in [-0.05, 0) is 30.5 Å². The fraction of sp³-hybridized carbons (Fsp3) is 0.211. The molecular formula is C19H18N2O2S. The maximum Gasteiger partial charge on any atom is 0.205 e. The zero-order valence-corrected chi connectivity index (χ0v) is 14.7. The monoisotopic (exact) mass is 338 g/mol. The highest BCUT2D eigenvalue weighted by molar-refractivity contribution is 7.54. The van der Waals surface area contributed by atoms with Crippen molar-refractivity contribution in [2.24, 2.45) is 4.36 Å². The molecular weight excluding hydrogens is 320 g/mol. The Morgan fingerprint density at radius 1 is 1.12 bits per heavy atom. The Bertz CT molecular complexity index is 926. The van der Waals surface area contributed by atoms with Gasteiger partial charge in [-0.25, -0.2) is 0 Å². The summed E-state index contributed by atoms with van der Waals surface area (Å²) in [5.41, 5.74) is 6.49. The van der Waals surface area contributed by atoms with Crippen LogP contribution in [0.1, 0.15) is 23.8 Å². The number of hydrogen-bond acceptors (Lipinski definition) is 4. The van der Waals surface area contributed by atoms with Crippen LogP contribution in [0.4, 0.5) is 5.69 Å². The summed E-state index contributed by atoms with van der Waals surface area (Å²) in [7, 11) is 0. The van der Waals surface area contributed by atoms with Crippen LogP contribution < -0.4 is 0 Å². The molecule has 0 aliphatic carbocycles. The molecule has 3 rings (SSSR count). The second-order valence-electron chi connectivity index (χ2n) is 5.62. The summed E-state index contributed by atoms with van der Waals surface area (Å²) >= 11 is 0.235. The van der Waals surface area contributed by atoms with E-state index >= 15 is 0 Å². The summed E-state index contributed by atoms with van der Waals surface area (Å²) in [6.07, 6.45) is 0.741. The molecule has 122 valence electrons. The van der Waals surface area contributed by atoms with Gasteiger partial charge < -0.3 is 4.52 Å². The van der Waals surface area contributed by atoms with E-state index in [2.05, 4.69) is 15.6 Å². The maximum absolute atomic E-state index is 10.9. The Labute approximate surface area is 144 Å². The van der Waals surface area contributed by atoms with E-state index in [1.54, 1.807) is 0 Å². The third kappa shape index (κ3) is 2.83. The molecule has 0 unspecified atom stereocenters. The molecule has 0 atom stereocenters. The average molecular weight is 338 g/mol. The highest BCUT2D eigenvalue weighted by atomic mass is 32.1. The molecule has 1 heterocycles. The Morgan fingerprint density at radius 3 is 2.54 bits per heavy atom. The van der Waals surface area contributed by atoms with Crippen molar-refractivity contribution in [2.45, 2.75) is 27.2 Å². The minimum absolute atomic E-state index is 0.235. The standard InChI is InChI=1S/C19H18N2O2S/c1-4-16-17(19(20-23-16)14-8-6-5-7-9-14)15-11-10-12(2)18(13(15)3)21-24-22/h5-11H,4H2,1-3H3. The van der Waals surface area contributed by atoms with Crippen molar-refractivity contribution >= 4 is 17.2 Å². The fourth-order valence-corrected chi connectivity index (χ4v) is 3.28. The van der Waals surface area contributed by atoms with Gasteiger partial charge in [0.05, 0.1) is 11.3 Å². The van der Waals surface area contributed by atoms with Gasteiger partial charge in [-0.3, -0.25) is 0 Å². The van der Waals surface area contributed by atoms with Crippen molar-refractivity contribution in [3.05, 3.63) is 59.4 Å². The molecule has 24 heavy (non-hydrogen) atoms. The topological polar surface area (TPSA) is 55.5 Å². The van der Waals surface area contributed by atoms with E-state index in [1.165, 1.54) is 0 Å². The normalized spacial score (nSPS) is 10.6. The zero-order chi connectivity index (χ0) is 17.1. The van der Waals surface area contributed by atoms with E-state index in [4.69, 9.17) is 4.52 Å². The number of aromatic nitrogens is 1. The number of benzene rings is 2. The maximum atomic E-state index is 10.9. The first-order valence-electron chi connectivity index (χ1n) is 7.82. The van der Waals surface area contributed by atoms with Crippen molar-refractivity contribution in [2.75, 3.05) is 0 Å². The summed E-state index contributed by atoms with van der Waals surface area (Å²) in [6.45, 7) is 5.98. The van der Waals surface area contributed by atoms with Crippen LogP contribution in [0.5, 0.6) is 0 Å². The molecule has 0 spiro atoms. The minimum atomic E-state index is 0.235. The Kier molecular flexibility index (Phi) is 4.71. The van der Waals surface area contributed by atoms with Gasteiger partial charge in [0.1, 0.15) is 11.5 Å². The lowest BCUT2D eigenvalue weighted by molar-refractivity contribution is 0.389. The fourth-order valence-electron chi connectivity index (χ4n) is 2.92. The minimum Gasteiger partial charge on any atom is -0.360 e. The van der Waals surface area contributed by atoms with Gasteiger partial charge in [0.2, 0.25) is 11.5 Å². The molecule has 0 fully saturated rings. The third-order valence-electron chi connectivity index (χ3n) is 4.16. The molecule has 0 amide bonds. The first-order chi connectivity index (χ1) is 11.7. The van der Waals surface area contributed by atoms with Crippen molar-refractivity contribution in [1.82, 2.24) is 5.16 Å². The van der Waals surface area contributed by atoms with Crippen LogP contribution in [0.25, 0.3) is 22.4 Å².